The molecule has 0 saturated carbocycles. The van der Waals surface area contributed by atoms with Gasteiger partial charge in [0.05, 0.1) is 7.11 Å². The van der Waals surface area contributed by atoms with Gasteiger partial charge in [0, 0.05) is 17.3 Å². The fourth-order valence-electron chi connectivity index (χ4n) is 1.67. The van der Waals surface area contributed by atoms with Crippen LogP contribution in [0.5, 0.6) is 5.75 Å². The zero-order valence-corrected chi connectivity index (χ0v) is 9.70. The standard InChI is InChI=1S/C13H13FN2O/c1-8-6-10(13(15)16-7-8)9-4-3-5-11(17-2)12(9)14/h3-7H,1-2H3,(H2,15,16). The lowest BCUT2D eigenvalue weighted by Crippen LogP contribution is -1.97. The quantitative estimate of drug-likeness (QED) is 0.866. The van der Waals surface area contributed by atoms with Gasteiger partial charge in [0.15, 0.2) is 11.6 Å². The highest BCUT2D eigenvalue weighted by Gasteiger charge is 2.13. The van der Waals surface area contributed by atoms with Crippen LogP contribution in [0.1, 0.15) is 5.56 Å². The number of pyridine rings is 1. The predicted molar refractivity (Wildman–Crippen MR) is 65.3 cm³/mol. The van der Waals surface area contributed by atoms with Crippen molar-refractivity contribution in [1.82, 2.24) is 4.98 Å². The minimum atomic E-state index is -0.422. The molecule has 0 fully saturated rings. The molecule has 0 atom stereocenters. The van der Waals surface area contributed by atoms with Crippen molar-refractivity contribution in [3.63, 3.8) is 0 Å². The van der Waals surface area contributed by atoms with Gasteiger partial charge >= 0.3 is 0 Å². The number of anilines is 1. The Balaban J connectivity index is 2.64. The normalized spacial score (nSPS) is 10.3. The van der Waals surface area contributed by atoms with Crippen LogP contribution >= 0.6 is 0 Å². The van der Waals surface area contributed by atoms with Crippen LogP contribution in [0, 0.1) is 12.7 Å². The zero-order chi connectivity index (χ0) is 12.4. The van der Waals surface area contributed by atoms with Gasteiger partial charge in [-0.15, -0.1) is 0 Å². The van der Waals surface area contributed by atoms with Crippen molar-refractivity contribution in [2.75, 3.05) is 12.8 Å². The fraction of sp³-hybridized carbons (Fsp3) is 0.154. The largest absolute Gasteiger partial charge is 0.494 e. The molecule has 0 amide bonds. The van der Waals surface area contributed by atoms with Crippen molar-refractivity contribution in [1.29, 1.82) is 0 Å². The lowest BCUT2D eigenvalue weighted by Gasteiger charge is -2.09. The first-order chi connectivity index (χ1) is 8.13. The van der Waals surface area contributed by atoms with Gasteiger partial charge in [-0.25, -0.2) is 9.37 Å². The van der Waals surface area contributed by atoms with Crippen molar-refractivity contribution in [2.24, 2.45) is 0 Å². The van der Waals surface area contributed by atoms with Crippen LogP contribution in [-0.2, 0) is 0 Å². The van der Waals surface area contributed by atoms with Crippen molar-refractivity contribution in [3.8, 4) is 16.9 Å². The number of hydrogen-bond acceptors (Lipinski definition) is 3. The Morgan fingerprint density at radius 1 is 1.29 bits per heavy atom. The molecule has 0 aliphatic rings. The molecule has 0 aliphatic carbocycles. The van der Waals surface area contributed by atoms with E-state index in [9.17, 15) is 4.39 Å². The molecule has 4 heteroatoms. The molecule has 0 radical (unpaired) electrons. The molecule has 1 heterocycles. The Morgan fingerprint density at radius 3 is 2.76 bits per heavy atom. The maximum atomic E-state index is 14.1. The van der Waals surface area contributed by atoms with Crippen LogP contribution in [0.4, 0.5) is 10.2 Å². The smallest absolute Gasteiger partial charge is 0.172 e. The first kappa shape index (κ1) is 11.4. The number of aromatic nitrogens is 1. The Kier molecular flexibility index (Phi) is 2.95. The molecule has 1 aromatic heterocycles. The van der Waals surface area contributed by atoms with Crippen LogP contribution in [-0.4, -0.2) is 12.1 Å². The predicted octanol–water partition coefficient (Wildman–Crippen LogP) is 2.79. The summed E-state index contributed by atoms with van der Waals surface area (Å²) >= 11 is 0. The average molecular weight is 232 g/mol. The molecular formula is C13H13FN2O. The maximum absolute atomic E-state index is 14.1. The maximum Gasteiger partial charge on any atom is 0.172 e. The van der Waals surface area contributed by atoms with E-state index in [1.54, 1.807) is 30.5 Å². The van der Waals surface area contributed by atoms with Gasteiger partial charge in [0.1, 0.15) is 5.82 Å². The number of aryl methyl sites for hydroxylation is 1. The Bertz CT molecular complexity index is 555. The van der Waals surface area contributed by atoms with Gasteiger partial charge in [-0.3, -0.25) is 0 Å². The summed E-state index contributed by atoms with van der Waals surface area (Å²) in [6, 6.07) is 6.75. The molecule has 2 rings (SSSR count). The van der Waals surface area contributed by atoms with Gasteiger partial charge < -0.3 is 10.5 Å². The molecule has 88 valence electrons. The van der Waals surface area contributed by atoms with Crippen molar-refractivity contribution in [2.45, 2.75) is 6.92 Å². The lowest BCUT2D eigenvalue weighted by atomic mass is 10.0. The van der Waals surface area contributed by atoms with E-state index in [0.29, 0.717) is 16.9 Å². The molecular weight excluding hydrogens is 219 g/mol. The number of rotatable bonds is 2. The van der Waals surface area contributed by atoms with E-state index >= 15 is 0 Å². The van der Waals surface area contributed by atoms with Gasteiger partial charge in [-0.1, -0.05) is 12.1 Å². The van der Waals surface area contributed by atoms with Gasteiger partial charge in [-0.05, 0) is 24.6 Å². The van der Waals surface area contributed by atoms with E-state index in [0.717, 1.165) is 5.56 Å². The SMILES string of the molecule is COc1cccc(-c2cc(C)cnc2N)c1F. The number of ether oxygens (including phenoxy) is 1. The third-order valence-corrected chi connectivity index (χ3v) is 2.53. The molecule has 3 nitrogen and oxygen atoms in total. The van der Waals surface area contributed by atoms with Crippen molar-refractivity contribution >= 4 is 5.82 Å². The molecule has 0 saturated heterocycles. The second-order valence-corrected chi connectivity index (χ2v) is 3.77. The number of halogens is 1. The molecule has 17 heavy (non-hydrogen) atoms. The van der Waals surface area contributed by atoms with E-state index in [-0.39, 0.29) is 5.75 Å². The molecule has 0 aliphatic heterocycles. The highest BCUT2D eigenvalue weighted by molar-refractivity contribution is 5.75. The number of hydrogen-bond donors (Lipinski definition) is 1. The molecule has 2 N–H and O–H groups in total. The van der Waals surface area contributed by atoms with E-state index < -0.39 is 5.82 Å². The summed E-state index contributed by atoms with van der Waals surface area (Å²) in [5, 5.41) is 0. The second kappa shape index (κ2) is 4.41. The number of benzene rings is 1. The summed E-state index contributed by atoms with van der Waals surface area (Å²) in [6.07, 6.45) is 1.65. The molecule has 2 aromatic rings. The van der Waals surface area contributed by atoms with Gasteiger partial charge in [0.2, 0.25) is 0 Å². The molecule has 0 spiro atoms. The third-order valence-electron chi connectivity index (χ3n) is 2.53. The fourth-order valence-corrected chi connectivity index (χ4v) is 1.67. The average Bonchev–Trinajstić information content (AvgIpc) is 2.33. The Hall–Kier alpha value is -2.10. The summed E-state index contributed by atoms with van der Waals surface area (Å²) in [6.45, 7) is 1.88. The van der Waals surface area contributed by atoms with Crippen LogP contribution in [0.25, 0.3) is 11.1 Å². The van der Waals surface area contributed by atoms with E-state index in [2.05, 4.69) is 4.98 Å². The molecule has 1 aromatic carbocycles. The number of nitrogens with zero attached hydrogens (tertiary/aromatic N) is 1. The van der Waals surface area contributed by atoms with E-state index in [1.165, 1.54) is 7.11 Å². The summed E-state index contributed by atoms with van der Waals surface area (Å²) in [5.41, 5.74) is 7.68. The minimum Gasteiger partial charge on any atom is -0.494 e. The van der Waals surface area contributed by atoms with Gasteiger partial charge in [-0.2, -0.15) is 0 Å². The summed E-state index contributed by atoms with van der Waals surface area (Å²) in [4.78, 5) is 4.02. The minimum absolute atomic E-state index is 0.198. The summed E-state index contributed by atoms with van der Waals surface area (Å²) in [5.74, 6) is 0.0836. The summed E-state index contributed by atoms with van der Waals surface area (Å²) < 4.78 is 19.0. The van der Waals surface area contributed by atoms with Gasteiger partial charge in [0.25, 0.3) is 0 Å². The first-order valence-corrected chi connectivity index (χ1v) is 5.18. The number of methoxy groups -OCH3 is 1. The van der Waals surface area contributed by atoms with Crippen LogP contribution in [0.2, 0.25) is 0 Å². The lowest BCUT2D eigenvalue weighted by molar-refractivity contribution is 0.387. The van der Waals surface area contributed by atoms with Crippen LogP contribution < -0.4 is 10.5 Å². The summed E-state index contributed by atoms with van der Waals surface area (Å²) in [7, 11) is 1.43. The van der Waals surface area contributed by atoms with Crippen molar-refractivity contribution in [3.05, 3.63) is 41.8 Å². The Morgan fingerprint density at radius 2 is 2.06 bits per heavy atom. The molecule has 0 bridgehead atoms. The third kappa shape index (κ3) is 2.06. The number of nitrogens with two attached hydrogens (primary N) is 1. The van der Waals surface area contributed by atoms with Crippen LogP contribution in [0.15, 0.2) is 30.5 Å². The monoisotopic (exact) mass is 232 g/mol. The Labute approximate surface area is 99.1 Å². The van der Waals surface area contributed by atoms with Crippen LogP contribution in [0.3, 0.4) is 0 Å². The van der Waals surface area contributed by atoms with Crippen molar-refractivity contribution < 1.29 is 9.13 Å². The van der Waals surface area contributed by atoms with E-state index in [1.807, 2.05) is 6.92 Å². The second-order valence-electron chi connectivity index (χ2n) is 3.77. The zero-order valence-electron chi connectivity index (χ0n) is 9.70. The van der Waals surface area contributed by atoms with E-state index in [4.69, 9.17) is 10.5 Å². The highest BCUT2D eigenvalue weighted by Crippen LogP contribution is 2.31. The molecule has 0 unspecified atom stereocenters. The highest BCUT2D eigenvalue weighted by atomic mass is 19.1. The first-order valence-electron chi connectivity index (χ1n) is 5.18. The number of nitrogen functional groups attached to an aromatic ring is 1. The topological polar surface area (TPSA) is 48.1 Å².